The van der Waals surface area contributed by atoms with Crippen molar-refractivity contribution in [3.05, 3.63) is 231 Å². The average molecular weight is 977 g/mol. The molecule has 0 saturated carbocycles. The van der Waals surface area contributed by atoms with Gasteiger partial charge in [-0.05, 0) is 87.0 Å². The van der Waals surface area contributed by atoms with E-state index in [1.54, 1.807) is 11.3 Å². The molecule has 0 fully saturated rings. The second-order valence-electron chi connectivity index (χ2n) is 19.8. The number of thiophene rings is 2. The van der Waals surface area contributed by atoms with E-state index in [1.165, 1.54) is 58.0 Å². The second kappa shape index (κ2) is 15.4. The summed E-state index contributed by atoms with van der Waals surface area (Å²) in [5, 5.41) is 4.91. The molecule has 4 aliphatic heterocycles. The Balaban J connectivity index is 1.04. The minimum absolute atomic E-state index is 0.140. The Morgan fingerprint density at radius 3 is 1.66 bits per heavy atom. The van der Waals surface area contributed by atoms with E-state index in [4.69, 9.17) is 9.47 Å². The van der Waals surface area contributed by atoms with Crippen molar-refractivity contribution in [1.29, 1.82) is 0 Å². The van der Waals surface area contributed by atoms with Crippen LogP contribution in [0.15, 0.2) is 231 Å². The van der Waals surface area contributed by atoms with Crippen molar-refractivity contribution < 1.29 is 9.47 Å². The number of hydrogen-bond acceptors (Lipinski definition) is 6. The predicted molar refractivity (Wildman–Crippen MR) is 315 cm³/mol. The predicted octanol–water partition coefficient (Wildman–Crippen LogP) is 14.6. The number of anilines is 6. The van der Waals surface area contributed by atoms with Gasteiger partial charge in [-0.1, -0.05) is 176 Å². The number of hydrogen-bond donors (Lipinski definition) is 0. The van der Waals surface area contributed by atoms with Crippen LogP contribution in [0.25, 0.3) is 62.6 Å². The van der Waals surface area contributed by atoms with Crippen molar-refractivity contribution in [2.75, 3.05) is 9.80 Å². The highest BCUT2D eigenvalue weighted by molar-refractivity contribution is 7.26. The molecule has 74 heavy (non-hydrogen) atoms. The number of nitrogens with zero attached hydrogens (tertiary/aromatic N) is 2. The molecular weight excluding hydrogens is 938 g/mol. The van der Waals surface area contributed by atoms with Gasteiger partial charge in [-0.15, -0.1) is 22.7 Å². The van der Waals surface area contributed by atoms with Gasteiger partial charge in [-0.3, -0.25) is 0 Å². The number of para-hydroxylation sites is 4. The molecule has 17 rings (SSSR count). The van der Waals surface area contributed by atoms with E-state index >= 15 is 0 Å². The SMILES string of the molecule is c1ccc(-c2cccc(-c3ccccc3)c2N2c3cc4c(cc3B3c5ccccc5N(c5ccccc5)c5c3c2cc2sc3ccccc3c52)B2c3ccccc3Oc3c2c(cc2sc5ccccc5c32)O4)cc1. The smallest absolute Gasteiger partial charge is 0.260 e. The Morgan fingerprint density at radius 1 is 0.338 bits per heavy atom. The van der Waals surface area contributed by atoms with E-state index in [2.05, 4.69) is 240 Å². The molecule has 342 valence electrons. The largest absolute Gasteiger partial charge is 0.458 e. The molecule has 0 amide bonds. The summed E-state index contributed by atoms with van der Waals surface area (Å²) in [5.41, 5.74) is 18.7. The monoisotopic (exact) mass is 976 g/mol. The highest BCUT2D eigenvalue weighted by atomic mass is 32.1. The lowest BCUT2D eigenvalue weighted by Crippen LogP contribution is -2.64. The van der Waals surface area contributed by atoms with Gasteiger partial charge < -0.3 is 19.3 Å². The zero-order chi connectivity index (χ0) is 48.2. The van der Waals surface area contributed by atoms with Gasteiger partial charge in [0.05, 0.1) is 11.4 Å². The van der Waals surface area contributed by atoms with Gasteiger partial charge in [0, 0.05) is 85.8 Å². The first kappa shape index (κ1) is 40.7. The quantitative estimate of drug-likeness (QED) is 0.164. The molecule has 6 heterocycles. The highest BCUT2D eigenvalue weighted by Gasteiger charge is 2.48. The van der Waals surface area contributed by atoms with E-state index in [1.807, 2.05) is 11.3 Å². The zero-order valence-electron chi connectivity index (χ0n) is 39.6. The lowest BCUT2D eigenvalue weighted by atomic mass is 9.30. The van der Waals surface area contributed by atoms with E-state index in [0.717, 1.165) is 94.5 Å². The van der Waals surface area contributed by atoms with Crippen molar-refractivity contribution in [2.45, 2.75) is 0 Å². The molecule has 0 spiro atoms. The first-order valence-electron chi connectivity index (χ1n) is 25.3. The summed E-state index contributed by atoms with van der Waals surface area (Å²) >= 11 is 3.68. The van der Waals surface area contributed by atoms with Crippen LogP contribution >= 0.6 is 22.7 Å². The van der Waals surface area contributed by atoms with Gasteiger partial charge in [0.25, 0.3) is 13.4 Å². The van der Waals surface area contributed by atoms with E-state index in [0.29, 0.717) is 0 Å². The topological polar surface area (TPSA) is 24.9 Å². The molecule has 13 aromatic rings. The normalized spacial score (nSPS) is 13.5. The number of benzene rings is 11. The number of fused-ring (bicyclic) bond motifs is 16. The third-order valence-corrected chi connectivity index (χ3v) is 18.2. The van der Waals surface area contributed by atoms with Crippen LogP contribution in [0.1, 0.15) is 0 Å². The van der Waals surface area contributed by atoms with Crippen LogP contribution in [0.4, 0.5) is 34.1 Å². The average Bonchev–Trinajstić information content (AvgIpc) is 4.14. The van der Waals surface area contributed by atoms with E-state index in [9.17, 15) is 0 Å². The Labute approximate surface area is 435 Å². The maximum absolute atomic E-state index is 7.47. The molecule has 0 radical (unpaired) electrons. The fourth-order valence-corrected chi connectivity index (χ4v) is 15.3. The van der Waals surface area contributed by atoms with Crippen molar-refractivity contribution >= 4 is 143 Å². The summed E-state index contributed by atoms with van der Waals surface area (Å²) in [4.78, 5) is 5.18. The summed E-state index contributed by atoms with van der Waals surface area (Å²) in [6.07, 6.45) is 0. The Kier molecular flexibility index (Phi) is 8.46. The molecule has 8 heteroatoms. The minimum atomic E-state index is -0.143. The standard InChI is InChI=1S/C66H38B2N2O2S2/c1-4-19-39(20-5-1)42-27-18-28-43(40-21-6-2-7-22-40)64(42)70-51-36-54-49(68-47-30-13-15-32-53(47)72-66-61-45-26-11-17-34-57(45)74-59(61)38-55(71-54)63(66)68)35-48(51)67-46-29-12-14-31-50(46)69(41-23-8-3-9-24-41)65-60-44-25-10-16-33-56(44)73-58(60)37-52(70)62(65)67/h1-38H. The van der Waals surface area contributed by atoms with E-state index in [-0.39, 0.29) is 13.4 Å². The fourth-order valence-electron chi connectivity index (χ4n) is 13.0. The maximum atomic E-state index is 7.47. The Morgan fingerprint density at radius 2 is 0.932 bits per heavy atom. The van der Waals surface area contributed by atoms with Gasteiger partial charge in [0.15, 0.2) is 0 Å². The van der Waals surface area contributed by atoms with Gasteiger partial charge in [0.1, 0.15) is 23.0 Å². The van der Waals surface area contributed by atoms with Crippen molar-refractivity contribution in [3.8, 4) is 45.3 Å². The summed E-state index contributed by atoms with van der Waals surface area (Å²) < 4.78 is 19.5. The Bertz CT molecular complexity index is 4480. The number of ether oxygens (including phenoxy) is 2. The summed E-state index contributed by atoms with van der Waals surface area (Å²) in [7, 11) is 0. The lowest BCUT2D eigenvalue weighted by molar-refractivity contribution is 0.469. The Hall–Kier alpha value is -8.81. The first-order chi connectivity index (χ1) is 36.7. The molecule has 0 saturated heterocycles. The molecule has 0 N–H and O–H groups in total. The first-order valence-corrected chi connectivity index (χ1v) is 26.9. The van der Waals surface area contributed by atoms with Crippen molar-refractivity contribution in [3.63, 3.8) is 0 Å². The summed E-state index contributed by atoms with van der Waals surface area (Å²) in [6, 6.07) is 84.9. The molecule has 0 unspecified atom stereocenters. The van der Waals surface area contributed by atoms with Crippen LogP contribution in [-0.4, -0.2) is 13.4 Å². The molecule has 0 aliphatic carbocycles. The van der Waals surface area contributed by atoms with Crippen LogP contribution in [0, 0.1) is 0 Å². The molecule has 0 atom stereocenters. The molecular formula is C66H38B2N2O2S2. The molecule has 4 nitrogen and oxygen atoms in total. The van der Waals surface area contributed by atoms with Crippen molar-refractivity contribution in [2.24, 2.45) is 0 Å². The summed E-state index contributed by atoms with van der Waals surface area (Å²) in [6.45, 7) is -0.283. The van der Waals surface area contributed by atoms with Crippen LogP contribution < -0.4 is 52.1 Å². The third-order valence-electron chi connectivity index (χ3n) is 15.9. The third kappa shape index (κ3) is 5.58. The van der Waals surface area contributed by atoms with Crippen LogP contribution in [0.2, 0.25) is 0 Å². The van der Waals surface area contributed by atoms with Crippen LogP contribution in [0.5, 0.6) is 23.0 Å². The molecule has 11 aromatic carbocycles. The van der Waals surface area contributed by atoms with Gasteiger partial charge in [0.2, 0.25) is 0 Å². The minimum Gasteiger partial charge on any atom is -0.458 e. The van der Waals surface area contributed by atoms with E-state index < -0.39 is 0 Å². The van der Waals surface area contributed by atoms with Crippen molar-refractivity contribution in [1.82, 2.24) is 0 Å². The summed E-state index contributed by atoms with van der Waals surface area (Å²) in [5.74, 6) is 3.48. The van der Waals surface area contributed by atoms with Gasteiger partial charge in [-0.25, -0.2) is 0 Å². The molecule has 2 aromatic heterocycles. The zero-order valence-corrected chi connectivity index (χ0v) is 41.3. The number of rotatable bonds is 4. The molecule has 0 bridgehead atoms. The van der Waals surface area contributed by atoms with Gasteiger partial charge >= 0.3 is 0 Å². The second-order valence-corrected chi connectivity index (χ2v) is 21.9. The molecule has 4 aliphatic rings. The lowest BCUT2D eigenvalue weighted by Gasteiger charge is -2.46. The maximum Gasteiger partial charge on any atom is 0.260 e. The van der Waals surface area contributed by atoms with Crippen LogP contribution in [-0.2, 0) is 0 Å². The highest BCUT2D eigenvalue weighted by Crippen LogP contribution is 2.55. The fraction of sp³-hybridized carbons (Fsp3) is 0. The van der Waals surface area contributed by atoms with Crippen LogP contribution in [0.3, 0.4) is 0 Å². The van der Waals surface area contributed by atoms with Gasteiger partial charge in [-0.2, -0.15) is 0 Å².